The van der Waals surface area contributed by atoms with E-state index >= 15 is 0 Å². The molecule has 0 saturated heterocycles. The summed E-state index contributed by atoms with van der Waals surface area (Å²) in [5.74, 6) is -0.0744. The summed E-state index contributed by atoms with van der Waals surface area (Å²) < 4.78 is 0. The standard InChI is InChI=1S/C55H103NO3/c1-3-5-7-9-11-13-15-16-17-18-19-20-21-22-23-24-25-26-27-28-29-30-31-32-33-34-35-36-37-38-39-40-41-43-45-47-49-51-55(59)56-53(52-57)54(58)50-48-46-44-42-14-12-10-8-6-4-2/h14,23-24,26-27,42,48,50,53-54,57-58H,3-13,15-22,25,28-41,43-47,49,51-52H2,1-2H3,(H,56,59)/b24-23-,27-26-,42-14+,50-48+. The fraction of sp³-hybridized carbons (Fsp3) is 0.836. The highest BCUT2D eigenvalue weighted by molar-refractivity contribution is 5.76. The minimum absolute atomic E-state index is 0.0744. The maximum atomic E-state index is 12.4. The highest BCUT2D eigenvalue weighted by Crippen LogP contribution is 2.16. The molecule has 59 heavy (non-hydrogen) atoms. The molecule has 4 heteroatoms. The van der Waals surface area contributed by atoms with E-state index in [2.05, 4.69) is 55.6 Å². The van der Waals surface area contributed by atoms with Gasteiger partial charge in [-0.1, -0.05) is 255 Å². The van der Waals surface area contributed by atoms with E-state index in [1.165, 1.54) is 218 Å². The van der Waals surface area contributed by atoms with E-state index < -0.39 is 12.1 Å². The third kappa shape index (κ3) is 47.3. The van der Waals surface area contributed by atoms with Crippen LogP contribution in [0.2, 0.25) is 0 Å². The smallest absolute Gasteiger partial charge is 0.220 e. The van der Waals surface area contributed by atoms with Gasteiger partial charge in [0.25, 0.3) is 0 Å². The monoisotopic (exact) mass is 826 g/mol. The third-order valence-corrected chi connectivity index (χ3v) is 12.0. The molecule has 4 nitrogen and oxygen atoms in total. The molecule has 0 spiro atoms. The number of hydrogen-bond acceptors (Lipinski definition) is 3. The SMILES string of the molecule is CCCCCC/C=C/CC/C=C/C(O)C(CO)NC(=O)CCCCCCCCCCCCCCCCCCC/C=C\C/C=C\CCCCCCCCCCCCCCC. The fourth-order valence-electron chi connectivity index (χ4n) is 7.99. The van der Waals surface area contributed by atoms with Crippen molar-refractivity contribution in [3.05, 3.63) is 48.6 Å². The number of allylic oxidation sites excluding steroid dienone is 7. The molecule has 0 aliphatic carbocycles. The van der Waals surface area contributed by atoms with Gasteiger partial charge < -0.3 is 15.5 Å². The number of hydrogen-bond donors (Lipinski definition) is 3. The molecular formula is C55H103NO3. The van der Waals surface area contributed by atoms with Crippen molar-refractivity contribution in [1.29, 1.82) is 0 Å². The van der Waals surface area contributed by atoms with Crippen LogP contribution in [0.4, 0.5) is 0 Å². The van der Waals surface area contributed by atoms with Gasteiger partial charge in [-0.05, 0) is 64.2 Å². The molecule has 2 unspecified atom stereocenters. The van der Waals surface area contributed by atoms with Gasteiger partial charge >= 0.3 is 0 Å². The van der Waals surface area contributed by atoms with Crippen LogP contribution in [-0.4, -0.2) is 34.9 Å². The van der Waals surface area contributed by atoms with Crippen LogP contribution >= 0.6 is 0 Å². The second-order valence-electron chi connectivity index (χ2n) is 17.9. The van der Waals surface area contributed by atoms with Crippen molar-refractivity contribution in [1.82, 2.24) is 5.32 Å². The van der Waals surface area contributed by atoms with Gasteiger partial charge in [0.1, 0.15) is 0 Å². The van der Waals surface area contributed by atoms with Crippen LogP contribution in [0.5, 0.6) is 0 Å². The van der Waals surface area contributed by atoms with Crippen LogP contribution in [0, 0.1) is 0 Å². The van der Waals surface area contributed by atoms with Crippen molar-refractivity contribution < 1.29 is 15.0 Å². The number of aliphatic hydroxyl groups excluding tert-OH is 2. The van der Waals surface area contributed by atoms with E-state index in [1.807, 2.05) is 6.08 Å². The van der Waals surface area contributed by atoms with Gasteiger partial charge in [0.2, 0.25) is 5.91 Å². The second kappa shape index (κ2) is 50.7. The van der Waals surface area contributed by atoms with Gasteiger partial charge in [0.15, 0.2) is 0 Å². The fourth-order valence-corrected chi connectivity index (χ4v) is 7.99. The van der Waals surface area contributed by atoms with E-state index in [0.717, 1.165) is 38.5 Å². The molecule has 0 aromatic rings. The van der Waals surface area contributed by atoms with Gasteiger partial charge in [0, 0.05) is 6.42 Å². The van der Waals surface area contributed by atoms with Crippen LogP contribution in [0.25, 0.3) is 0 Å². The van der Waals surface area contributed by atoms with Crippen molar-refractivity contribution in [2.24, 2.45) is 0 Å². The predicted molar refractivity (Wildman–Crippen MR) is 262 cm³/mol. The number of aliphatic hydroxyl groups is 2. The first-order valence-electron chi connectivity index (χ1n) is 26.4. The van der Waals surface area contributed by atoms with Crippen LogP contribution in [0.3, 0.4) is 0 Å². The Morgan fingerprint density at radius 2 is 0.712 bits per heavy atom. The molecule has 2 atom stereocenters. The van der Waals surface area contributed by atoms with Crippen molar-refractivity contribution in [3.63, 3.8) is 0 Å². The normalized spacial score (nSPS) is 13.2. The zero-order valence-corrected chi connectivity index (χ0v) is 39.8. The van der Waals surface area contributed by atoms with E-state index in [1.54, 1.807) is 6.08 Å². The molecule has 0 heterocycles. The molecule has 0 aromatic heterocycles. The molecule has 0 aromatic carbocycles. The average Bonchev–Trinajstić information content (AvgIpc) is 3.24. The lowest BCUT2D eigenvalue weighted by molar-refractivity contribution is -0.123. The Morgan fingerprint density at radius 3 is 1.10 bits per heavy atom. The van der Waals surface area contributed by atoms with E-state index in [4.69, 9.17) is 0 Å². The second-order valence-corrected chi connectivity index (χ2v) is 17.9. The zero-order chi connectivity index (χ0) is 42.8. The van der Waals surface area contributed by atoms with Crippen molar-refractivity contribution in [3.8, 4) is 0 Å². The first-order chi connectivity index (χ1) is 29.2. The molecular weight excluding hydrogens is 723 g/mol. The summed E-state index contributed by atoms with van der Waals surface area (Å²) >= 11 is 0. The Balaban J connectivity index is 3.41. The molecule has 346 valence electrons. The first kappa shape index (κ1) is 57.3. The molecule has 0 bridgehead atoms. The van der Waals surface area contributed by atoms with Gasteiger partial charge in [-0.15, -0.1) is 0 Å². The van der Waals surface area contributed by atoms with Crippen LogP contribution < -0.4 is 5.32 Å². The Bertz CT molecular complexity index is 939. The molecule has 1 amide bonds. The molecule has 0 aliphatic heterocycles. The minimum atomic E-state index is -0.860. The number of carbonyl (C=O) groups excluding carboxylic acids is 1. The van der Waals surface area contributed by atoms with Gasteiger partial charge in [-0.25, -0.2) is 0 Å². The number of amides is 1. The maximum Gasteiger partial charge on any atom is 0.220 e. The Labute approximate surface area is 369 Å². The molecule has 0 radical (unpaired) electrons. The van der Waals surface area contributed by atoms with E-state index in [-0.39, 0.29) is 12.5 Å². The lowest BCUT2D eigenvalue weighted by Crippen LogP contribution is -2.45. The molecule has 0 rings (SSSR count). The minimum Gasteiger partial charge on any atom is -0.394 e. The number of rotatable bonds is 48. The highest BCUT2D eigenvalue weighted by Gasteiger charge is 2.17. The number of unbranched alkanes of at least 4 members (excludes halogenated alkanes) is 35. The first-order valence-corrected chi connectivity index (χ1v) is 26.4. The topological polar surface area (TPSA) is 69.6 Å². The van der Waals surface area contributed by atoms with E-state index in [0.29, 0.717) is 6.42 Å². The lowest BCUT2D eigenvalue weighted by Gasteiger charge is -2.19. The summed E-state index contributed by atoms with van der Waals surface area (Å²) in [6, 6.07) is -0.637. The lowest BCUT2D eigenvalue weighted by atomic mass is 10.0. The molecule has 0 fully saturated rings. The quantitative estimate of drug-likeness (QED) is 0.0423. The Hall–Kier alpha value is -1.65. The van der Waals surface area contributed by atoms with Gasteiger partial charge in [-0.3, -0.25) is 4.79 Å². The molecule has 3 N–H and O–H groups in total. The van der Waals surface area contributed by atoms with E-state index in [9.17, 15) is 15.0 Å². The summed E-state index contributed by atoms with van der Waals surface area (Å²) in [6.07, 6.45) is 70.0. The van der Waals surface area contributed by atoms with Crippen LogP contribution in [0.15, 0.2) is 48.6 Å². The molecule has 0 aliphatic rings. The van der Waals surface area contributed by atoms with Crippen LogP contribution in [-0.2, 0) is 4.79 Å². The summed E-state index contributed by atoms with van der Waals surface area (Å²) in [4.78, 5) is 12.4. The average molecular weight is 826 g/mol. The van der Waals surface area contributed by atoms with Crippen molar-refractivity contribution in [2.75, 3.05) is 6.61 Å². The molecule has 0 saturated carbocycles. The predicted octanol–water partition coefficient (Wildman–Crippen LogP) is 17.1. The highest BCUT2D eigenvalue weighted by atomic mass is 16.3. The number of nitrogens with one attached hydrogen (secondary N) is 1. The van der Waals surface area contributed by atoms with Gasteiger partial charge in [-0.2, -0.15) is 0 Å². The van der Waals surface area contributed by atoms with Crippen molar-refractivity contribution >= 4 is 5.91 Å². The van der Waals surface area contributed by atoms with Crippen molar-refractivity contribution in [2.45, 2.75) is 289 Å². The number of carbonyl (C=O) groups is 1. The summed E-state index contributed by atoms with van der Waals surface area (Å²) in [5, 5.41) is 22.9. The summed E-state index contributed by atoms with van der Waals surface area (Å²) in [7, 11) is 0. The Kier molecular flexibility index (Phi) is 49.3. The zero-order valence-electron chi connectivity index (χ0n) is 39.8. The Morgan fingerprint density at radius 1 is 0.407 bits per heavy atom. The largest absolute Gasteiger partial charge is 0.394 e. The summed E-state index contributed by atoms with van der Waals surface area (Å²) in [6.45, 7) is 4.27. The summed E-state index contributed by atoms with van der Waals surface area (Å²) in [5.41, 5.74) is 0. The van der Waals surface area contributed by atoms with Gasteiger partial charge in [0.05, 0.1) is 18.8 Å². The van der Waals surface area contributed by atoms with Crippen LogP contribution in [0.1, 0.15) is 277 Å². The third-order valence-electron chi connectivity index (χ3n) is 12.0. The maximum absolute atomic E-state index is 12.4.